The largest absolute Gasteiger partial charge is 0.489 e. The number of ether oxygens (including phenoxy) is 1. The molecule has 0 bridgehead atoms. The molecule has 0 radical (unpaired) electrons. The Kier molecular flexibility index (Phi) is 5.07. The predicted molar refractivity (Wildman–Crippen MR) is 123 cm³/mol. The molecule has 0 atom stereocenters. The van der Waals surface area contributed by atoms with Crippen molar-refractivity contribution in [3.05, 3.63) is 52.2 Å². The topological polar surface area (TPSA) is 131 Å². The van der Waals surface area contributed by atoms with E-state index in [4.69, 9.17) is 10.5 Å². The summed E-state index contributed by atoms with van der Waals surface area (Å²) in [6.07, 6.45) is 6.28. The van der Waals surface area contributed by atoms with Crippen LogP contribution in [0.25, 0.3) is 10.9 Å². The molecule has 10 heteroatoms. The first kappa shape index (κ1) is 21.0. The fraction of sp³-hybridized carbons (Fsp3) is 0.348. The first-order chi connectivity index (χ1) is 15.9. The molecule has 1 fully saturated rings. The molecule has 0 amide bonds. The monoisotopic (exact) mass is 453 g/mol. The number of nitrogen functional groups attached to an aromatic ring is 1. The zero-order chi connectivity index (χ0) is 23.2. The van der Waals surface area contributed by atoms with E-state index in [0.29, 0.717) is 37.5 Å². The van der Waals surface area contributed by atoms with E-state index in [1.807, 2.05) is 18.2 Å². The molecule has 0 unspecified atom stereocenters. The zero-order valence-corrected chi connectivity index (χ0v) is 17.9. The van der Waals surface area contributed by atoms with Gasteiger partial charge < -0.3 is 30.8 Å². The second-order valence-electron chi connectivity index (χ2n) is 8.45. The van der Waals surface area contributed by atoms with Crippen LogP contribution in [-0.4, -0.2) is 40.3 Å². The number of nitrogens with two attached hydrogens (primary N) is 1. The van der Waals surface area contributed by atoms with Crippen molar-refractivity contribution in [1.82, 2.24) is 9.55 Å². The lowest BCUT2D eigenvalue weighted by molar-refractivity contribution is 0.0691. The van der Waals surface area contributed by atoms with Crippen LogP contribution < -0.4 is 26.5 Å². The average molecular weight is 453 g/mol. The smallest absolute Gasteiger partial charge is 0.341 e. The van der Waals surface area contributed by atoms with Crippen molar-refractivity contribution < 1.29 is 19.0 Å². The number of hydrogen-bond acceptors (Lipinski definition) is 7. The SMILES string of the molecule is Nc1c(F)c(NCCNc2ccccn2)c2c3c1c(=O)c(C(=O)O)cn3C1(CCC1)CCO2. The van der Waals surface area contributed by atoms with E-state index in [-0.39, 0.29) is 28.0 Å². The quantitative estimate of drug-likeness (QED) is 0.331. The molecule has 1 aromatic carbocycles. The molecule has 9 nitrogen and oxygen atoms in total. The minimum atomic E-state index is -1.37. The molecular weight excluding hydrogens is 429 g/mol. The summed E-state index contributed by atoms with van der Waals surface area (Å²) in [5.41, 5.74) is 4.53. The van der Waals surface area contributed by atoms with Gasteiger partial charge in [-0.3, -0.25) is 4.79 Å². The van der Waals surface area contributed by atoms with Crippen molar-refractivity contribution >= 4 is 34.1 Å². The summed E-state index contributed by atoms with van der Waals surface area (Å²) in [7, 11) is 0. The first-order valence-corrected chi connectivity index (χ1v) is 10.9. The van der Waals surface area contributed by atoms with Gasteiger partial charge in [0.1, 0.15) is 17.1 Å². The van der Waals surface area contributed by atoms with Gasteiger partial charge in [-0.25, -0.2) is 14.2 Å². The molecule has 0 saturated heterocycles. The number of halogens is 1. The number of benzene rings is 1. The molecule has 1 spiro atoms. The van der Waals surface area contributed by atoms with Crippen molar-refractivity contribution in [2.45, 2.75) is 31.2 Å². The third-order valence-corrected chi connectivity index (χ3v) is 6.61. The summed E-state index contributed by atoms with van der Waals surface area (Å²) < 4.78 is 23.2. The number of aromatic nitrogens is 2. The van der Waals surface area contributed by atoms with Gasteiger partial charge in [0, 0.05) is 37.4 Å². The first-order valence-electron chi connectivity index (χ1n) is 10.9. The van der Waals surface area contributed by atoms with Crippen LogP contribution in [0.3, 0.4) is 0 Å². The molecule has 5 N–H and O–H groups in total. The van der Waals surface area contributed by atoms with E-state index in [1.54, 1.807) is 10.8 Å². The molecule has 1 aliphatic carbocycles. The summed E-state index contributed by atoms with van der Waals surface area (Å²) in [4.78, 5) is 29.0. The fourth-order valence-corrected chi connectivity index (χ4v) is 4.76. The second kappa shape index (κ2) is 7.95. The van der Waals surface area contributed by atoms with Gasteiger partial charge in [0.25, 0.3) is 0 Å². The molecule has 2 aliphatic rings. The van der Waals surface area contributed by atoms with Crippen LogP contribution in [0.5, 0.6) is 5.75 Å². The van der Waals surface area contributed by atoms with E-state index >= 15 is 4.39 Å². The molecule has 5 rings (SSSR count). The highest BCUT2D eigenvalue weighted by atomic mass is 19.1. The summed E-state index contributed by atoms with van der Waals surface area (Å²) in [5.74, 6) is -1.32. The number of carbonyl (C=O) groups is 1. The van der Waals surface area contributed by atoms with Gasteiger partial charge in [0.15, 0.2) is 11.6 Å². The maximum absolute atomic E-state index is 15.4. The number of carboxylic acids is 1. The summed E-state index contributed by atoms with van der Waals surface area (Å²) in [5, 5.41) is 15.6. The number of nitrogens with one attached hydrogen (secondary N) is 2. The number of anilines is 3. The lowest BCUT2D eigenvalue weighted by Crippen LogP contribution is -2.42. The van der Waals surface area contributed by atoms with Crippen LogP contribution in [-0.2, 0) is 5.54 Å². The summed E-state index contributed by atoms with van der Waals surface area (Å²) in [6.45, 7) is 1.09. The number of fused-ring (bicyclic) bond motifs is 1. The van der Waals surface area contributed by atoms with Gasteiger partial charge >= 0.3 is 5.97 Å². The van der Waals surface area contributed by atoms with E-state index in [2.05, 4.69) is 15.6 Å². The minimum absolute atomic E-state index is 0.0652. The van der Waals surface area contributed by atoms with E-state index < -0.39 is 22.8 Å². The normalized spacial score (nSPS) is 16.0. The Balaban J connectivity index is 1.61. The molecule has 33 heavy (non-hydrogen) atoms. The van der Waals surface area contributed by atoms with E-state index in [9.17, 15) is 14.7 Å². The van der Waals surface area contributed by atoms with Crippen LogP contribution in [0, 0.1) is 5.82 Å². The van der Waals surface area contributed by atoms with Crippen molar-refractivity contribution in [3.63, 3.8) is 0 Å². The third kappa shape index (κ3) is 3.33. The van der Waals surface area contributed by atoms with Crippen LogP contribution >= 0.6 is 0 Å². The highest BCUT2D eigenvalue weighted by Gasteiger charge is 2.43. The lowest BCUT2D eigenvalue weighted by Gasteiger charge is -2.44. The van der Waals surface area contributed by atoms with E-state index in [1.165, 1.54) is 6.20 Å². The lowest BCUT2D eigenvalue weighted by atomic mass is 9.74. The van der Waals surface area contributed by atoms with Gasteiger partial charge in [-0.2, -0.15) is 0 Å². The molecule has 1 saturated carbocycles. The maximum atomic E-state index is 15.4. The third-order valence-electron chi connectivity index (χ3n) is 6.61. The molecule has 1 aliphatic heterocycles. The standard InChI is InChI=1S/C23H24FN5O4/c24-16-17(25)15-19-21(18(16)28-10-9-27-14-4-1-2-8-26-14)33-11-7-23(5-3-6-23)29(19)12-13(20(15)30)22(31)32/h1-2,4,8,12,28H,3,5-7,9-11,25H2,(H,26,27)(H,31,32). The molecule has 3 heterocycles. The zero-order valence-electron chi connectivity index (χ0n) is 17.9. The number of rotatable bonds is 6. The van der Waals surface area contributed by atoms with Crippen molar-refractivity contribution in [2.75, 3.05) is 36.1 Å². The number of aromatic carboxylic acids is 1. The van der Waals surface area contributed by atoms with Crippen LogP contribution in [0.4, 0.5) is 21.6 Å². The van der Waals surface area contributed by atoms with Gasteiger partial charge in [-0.05, 0) is 31.4 Å². The molecule has 172 valence electrons. The summed E-state index contributed by atoms with van der Waals surface area (Å²) in [6, 6.07) is 5.49. The Morgan fingerprint density at radius 2 is 2.06 bits per heavy atom. The Labute approximate surface area is 188 Å². The Bertz CT molecular complexity index is 1300. The van der Waals surface area contributed by atoms with Gasteiger partial charge in [0.2, 0.25) is 5.43 Å². The Morgan fingerprint density at radius 3 is 2.73 bits per heavy atom. The molecule has 3 aromatic rings. The fourth-order valence-electron chi connectivity index (χ4n) is 4.76. The van der Waals surface area contributed by atoms with Gasteiger partial charge in [0.05, 0.1) is 23.2 Å². The number of carboxylic acid groups (broad SMARTS) is 1. The van der Waals surface area contributed by atoms with Crippen molar-refractivity contribution in [3.8, 4) is 5.75 Å². The van der Waals surface area contributed by atoms with Gasteiger partial charge in [-0.1, -0.05) is 6.07 Å². The van der Waals surface area contributed by atoms with Gasteiger partial charge in [-0.15, -0.1) is 0 Å². The number of hydrogen-bond donors (Lipinski definition) is 4. The Hall–Kier alpha value is -3.82. The second-order valence-corrected chi connectivity index (χ2v) is 8.45. The van der Waals surface area contributed by atoms with Crippen LogP contribution in [0.1, 0.15) is 36.0 Å². The number of pyridine rings is 2. The Morgan fingerprint density at radius 1 is 1.27 bits per heavy atom. The minimum Gasteiger partial charge on any atom is -0.489 e. The van der Waals surface area contributed by atoms with Crippen molar-refractivity contribution in [1.29, 1.82) is 0 Å². The molecule has 2 aromatic heterocycles. The van der Waals surface area contributed by atoms with E-state index in [0.717, 1.165) is 19.3 Å². The van der Waals surface area contributed by atoms with Crippen LogP contribution in [0.2, 0.25) is 0 Å². The number of nitrogens with zero attached hydrogens (tertiary/aromatic N) is 2. The summed E-state index contributed by atoms with van der Waals surface area (Å²) >= 11 is 0. The molecular formula is C23H24FN5O4. The average Bonchev–Trinajstić information content (AvgIpc) is 2.95. The highest BCUT2D eigenvalue weighted by Crippen LogP contribution is 2.49. The van der Waals surface area contributed by atoms with Crippen molar-refractivity contribution in [2.24, 2.45) is 0 Å². The predicted octanol–water partition coefficient (Wildman–Crippen LogP) is 3.00. The highest BCUT2D eigenvalue weighted by molar-refractivity contribution is 6.03. The maximum Gasteiger partial charge on any atom is 0.341 e. The van der Waals surface area contributed by atoms with Crippen LogP contribution in [0.15, 0.2) is 35.4 Å².